The summed E-state index contributed by atoms with van der Waals surface area (Å²) in [6.07, 6.45) is 3.13. The Kier molecular flexibility index (Phi) is 4.72. The van der Waals surface area contributed by atoms with E-state index in [-0.39, 0.29) is 11.9 Å². The summed E-state index contributed by atoms with van der Waals surface area (Å²) in [5, 5.41) is 11.2. The molecule has 4 rings (SSSR count). The highest BCUT2D eigenvalue weighted by atomic mass is 16.5. The van der Waals surface area contributed by atoms with Crippen LogP contribution in [0.5, 0.6) is 0 Å². The Hall–Kier alpha value is -3.74. The molecule has 0 saturated heterocycles. The van der Waals surface area contributed by atoms with Crippen molar-refractivity contribution in [3.05, 3.63) is 84.1 Å². The van der Waals surface area contributed by atoms with E-state index in [1.807, 2.05) is 61.5 Å². The van der Waals surface area contributed by atoms with Gasteiger partial charge >= 0.3 is 0 Å². The van der Waals surface area contributed by atoms with E-state index in [0.717, 1.165) is 16.8 Å². The molecule has 0 radical (unpaired) electrons. The second-order valence-electron chi connectivity index (χ2n) is 6.46. The highest BCUT2D eigenvalue weighted by Gasteiger charge is 2.23. The van der Waals surface area contributed by atoms with Gasteiger partial charge in [0.25, 0.3) is 5.91 Å². The first-order valence-electron chi connectivity index (χ1n) is 8.91. The zero-order valence-electron chi connectivity index (χ0n) is 15.5. The molecule has 1 N–H and O–H groups in total. The summed E-state index contributed by atoms with van der Waals surface area (Å²) in [5.41, 5.74) is 3.73. The molecule has 0 aliphatic heterocycles. The van der Waals surface area contributed by atoms with Crippen molar-refractivity contribution in [2.75, 3.05) is 0 Å². The van der Waals surface area contributed by atoms with Gasteiger partial charge in [-0.15, -0.1) is 0 Å². The third-order valence-electron chi connectivity index (χ3n) is 4.56. The van der Waals surface area contributed by atoms with Gasteiger partial charge in [-0.05, 0) is 31.5 Å². The molecule has 0 saturated carbocycles. The summed E-state index contributed by atoms with van der Waals surface area (Å²) in [7, 11) is 0. The average molecular weight is 373 g/mol. The Bertz CT molecular complexity index is 1070. The van der Waals surface area contributed by atoms with Crippen LogP contribution in [-0.4, -0.2) is 25.8 Å². The van der Waals surface area contributed by atoms with E-state index < -0.39 is 0 Å². The van der Waals surface area contributed by atoms with Gasteiger partial charge in [0.1, 0.15) is 29.7 Å². The molecule has 2 aromatic heterocycles. The lowest BCUT2D eigenvalue weighted by Gasteiger charge is -2.15. The number of hydrogen-bond donors (Lipinski definition) is 1. The predicted octanol–water partition coefficient (Wildman–Crippen LogP) is 3.72. The van der Waals surface area contributed by atoms with Crippen LogP contribution in [0, 0.1) is 6.92 Å². The van der Waals surface area contributed by atoms with Crippen LogP contribution in [0.25, 0.3) is 16.9 Å². The molecular weight excluding hydrogens is 354 g/mol. The molecule has 7 heteroatoms. The lowest BCUT2D eigenvalue weighted by atomic mass is 10.0. The Balaban J connectivity index is 1.53. The molecule has 1 amide bonds. The minimum absolute atomic E-state index is 0.185. The molecule has 0 spiro atoms. The monoisotopic (exact) mass is 373 g/mol. The SMILES string of the molecule is Cc1onc(-c2ccccc2)c1C(=O)NC(C)c1ccc(-n2cncn2)cc1. The zero-order chi connectivity index (χ0) is 19.5. The molecule has 2 aromatic carbocycles. The van der Waals surface area contributed by atoms with Crippen LogP contribution in [0.4, 0.5) is 0 Å². The number of amides is 1. The fraction of sp³-hybridized carbons (Fsp3) is 0.143. The maximum absolute atomic E-state index is 12.9. The van der Waals surface area contributed by atoms with E-state index >= 15 is 0 Å². The number of carbonyl (C=O) groups is 1. The number of carbonyl (C=O) groups excluding carboxylic acids is 1. The van der Waals surface area contributed by atoms with Crippen molar-refractivity contribution in [3.63, 3.8) is 0 Å². The fourth-order valence-electron chi connectivity index (χ4n) is 3.04. The maximum atomic E-state index is 12.9. The molecule has 7 nitrogen and oxygen atoms in total. The van der Waals surface area contributed by atoms with Crippen LogP contribution in [-0.2, 0) is 0 Å². The second kappa shape index (κ2) is 7.48. The van der Waals surface area contributed by atoms with Crippen LogP contribution in [0.3, 0.4) is 0 Å². The normalized spacial score (nSPS) is 11.9. The van der Waals surface area contributed by atoms with Crippen LogP contribution in [0.1, 0.15) is 34.6 Å². The van der Waals surface area contributed by atoms with E-state index in [4.69, 9.17) is 4.52 Å². The van der Waals surface area contributed by atoms with Crippen LogP contribution in [0.15, 0.2) is 71.8 Å². The minimum atomic E-state index is -0.217. The molecule has 2 heterocycles. The number of aromatic nitrogens is 4. The van der Waals surface area contributed by atoms with Gasteiger partial charge in [-0.25, -0.2) is 9.67 Å². The Morgan fingerprint density at radius 3 is 2.54 bits per heavy atom. The Labute approximate surface area is 162 Å². The molecule has 0 aliphatic rings. The summed E-state index contributed by atoms with van der Waals surface area (Å²) in [4.78, 5) is 16.9. The van der Waals surface area contributed by atoms with Crippen molar-refractivity contribution in [3.8, 4) is 16.9 Å². The molecule has 0 fully saturated rings. The number of hydrogen-bond acceptors (Lipinski definition) is 5. The molecule has 4 aromatic rings. The molecule has 140 valence electrons. The van der Waals surface area contributed by atoms with Gasteiger partial charge in [-0.1, -0.05) is 47.6 Å². The smallest absolute Gasteiger partial charge is 0.257 e. The summed E-state index contributed by atoms with van der Waals surface area (Å²) in [6.45, 7) is 3.68. The van der Waals surface area contributed by atoms with Gasteiger partial charge in [0, 0.05) is 5.56 Å². The standard InChI is InChI=1S/C21H19N5O2/c1-14(16-8-10-18(11-9-16)26-13-22-12-23-26)24-21(27)19-15(2)28-25-20(19)17-6-4-3-5-7-17/h3-14H,1-2H3,(H,24,27). The van der Waals surface area contributed by atoms with E-state index in [1.165, 1.54) is 6.33 Å². The van der Waals surface area contributed by atoms with Crippen LogP contribution >= 0.6 is 0 Å². The third kappa shape index (κ3) is 3.42. The number of rotatable bonds is 5. The average Bonchev–Trinajstić information content (AvgIpc) is 3.38. The number of nitrogens with one attached hydrogen (secondary N) is 1. The molecule has 0 bridgehead atoms. The van der Waals surface area contributed by atoms with Crippen molar-refractivity contribution in [2.45, 2.75) is 19.9 Å². The van der Waals surface area contributed by atoms with Crippen molar-refractivity contribution in [1.82, 2.24) is 25.2 Å². The van der Waals surface area contributed by atoms with Crippen molar-refractivity contribution < 1.29 is 9.32 Å². The van der Waals surface area contributed by atoms with Gasteiger partial charge in [0.15, 0.2) is 0 Å². The first kappa shape index (κ1) is 17.7. The van der Waals surface area contributed by atoms with Gasteiger partial charge < -0.3 is 9.84 Å². The molecule has 1 atom stereocenters. The first-order chi connectivity index (χ1) is 13.6. The summed E-state index contributed by atoms with van der Waals surface area (Å²) in [5.74, 6) is 0.274. The lowest BCUT2D eigenvalue weighted by molar-refractivity contribution is 0.0939. The molecule has 0 aliphatic carbocycles. The second-order valence-corrected chi connectivity index (χ2v) is 6.46. The maximum Gasteiger partial charge on any atom is 0.257 e. The number of aryl methyl sites for hydroxylation is 1. The first-order valence-corrected chi connectivity index (χ1v) is 8.91. The molecule has 1 unspecified atom stereocenters. The third-order valence-corrected chi connectivity index (χ3v) is 4.56. The van der Waals surface area contributed by atoms with Gasteiger partial charge in [0.2, 0.25) is 0 Å². The van der Waals surface area contributed by atoms with E-state index in [9.17, 15) is 4.79 Å². The van der Waals surface area contributed by atoms with E-state index in [0.29, 0.717) is 17.0 Å². The highest BCUT2D eigenvalue weighted by molar-refractivity contribution is 6.00. The van der Waals surface area contributed by atoms with Gasteiger partial charge in [0.05, 0.1) is 11.7 Å². The summed E-state index contributed by atoms with van der Waals surface area (Å²) in [6, 6.07) is 17.1. The summed E-state index contributed by atoms with van der Waals surface area (Å²) < 4.78 is 6.97. The van der Waals surface area contributed by atoms with Crippen molar-refractivity contribution >= 4 is 5.91 Å². The lowest BCUT2D eigenvalue weighted by Crippen LogP contribution is -2.27. The fourth-order valence-corrected chi connectivity index (χ4v) is 3.04. The topological polar surface area (TPSA) is 85.8 Å². The summed E-state index contributed by atoms with van der Waals surface area (Å²) >= 11 is 0. The highest BCUT2D eigenvalue weighted by Crippen LogP contribution is 2.26. The number of benzene rings is 2. The molecule has 28 heavy (non-hydrogen) atoms. The zero-order valence-corrected chi connectivity index (χ0v) is 15.5. The predicted molar refractivity (Wildman–Crippen MR) is 104 cm³/mol. The van der Waals surface area contributed by atoms with Crippen molar-refractivity contribution in [1.29, 1.82) is 0 Å². The largest absolute Gasteiger partial charge is 0.360 e. The Morgan fingerprint density at radius 2 is 1.86 bits per heavy atom. The van der Waals surface area contributed by atoms with Crippen LogP contribution in [0.2, 0.25) is 0 Å². The quantitative estimate of drug-likeness (QED) is 0.576. The Morgan fingerprint density at radius 1 is 1.11 bits per heavy atom. The molecular formula is C21H19N5O2. The van der Waals surface area contributed by atoms with Crippen molar-refractivity contribution in [2.24, 2.45) is 0 Å². The number of nitrogens with zero attached hydrogens (tertiary/aromatic N) is 4. The van der Waals surface area contributed by atoms with Gasteiger partial charge in [-0.2, -0.15) is 5.10 Å². The van der Waals surface area contributed by atoms with E-state index in [1.54, 1.807) is 17.9 Å². The van der Waals surface area contributed by atoms with Crippen LogP contribution < -0.4 is 5.32 Å². The minimum Gasteiger partial charge on any atom is -0.360 e. The van der Waals surface area contributed by atoms with E-state index in [2.05, 4.69) is 20.6 Å². The van der Waals surface area contributed by atoms with Gasteiger partial charge in [-0.3, -0.25) is 4.79 Å².